The topological polar surface area (TPSA) is 79.6 Å². The highest BCUT2D eigenvalue weighted by Crippen LogP contribution is 2.38. The van der Waals surface area contributed by atoms with Crippen molar-refractivity contribution in [1.29, 1.82) is 5.26 Å². The quantitative estimate of drug-likeness (QED) is 0.785. The molecule has 1 aromatic rings. The molecule has 134 valence electrons. The maximum absolute atomic E-state index is 12.6. The third kappa shape index (κ3) is 4.96. The van der Waals surface area contributed by atoms with Crippen LogP contribution in [-0.4, -0.2) is 36.2 Å². The third-order valence-corrected chi connectivity index (χ3v) is 4.12. The Hall–Kier alpha value is -2.55. The van der Waals surface area contributed by atoms with Crippen LogP contribution < -0.4 is 0 Å². The molecule has 1 aliphatic heterocycles. The Labute approximate surface area is 148 Å². The van der Waals surface area contributed by atoms with Crippen LogP contribution in [0.1, 0.15) is 50.8 Å². The molecule has 0 bridgehead atoms. The largest absolute Gasteiger partial charge is 0.469 e. The minimum absolute atomic E-state index is 0.0145. The second kappa shape index (κ2) is 7.56. The molecule has 25 heavy (non-hydrogen) atoms. The molecule has 0 radical (unpaired) electrons. The van der Waals surface area contributed by atoms with Crippen LogP contribution in [-0.2, 0) is 14.3 Å². The van der Waals surface area contributed by atoms with Crippen molar-refractivity contribution in [1.82, 2.24) is 4.90 Å². The smallest absolute Gasteiger partial charge is 0.410 e. The molecule has 1 fully saturated rings. The molecule has 2 atom stereocenters. The number of carbonyl (C=O) groups excluding carboxylic acids is 2. The lowest BCUT2D eigenvalue weighted by Gasteiger charge is -2.28. The SMILES string of the molecule is COC(=O)CC1CC(c2ccc(C#N)cc2)N(C(=O)OC(C)(C)C)C1. The lowest BCUT2D eigenvalue weighted by atomic mass is 9.97. The minimum atomic E-state index is -0.591. The number of rotatable bonds is 3. The first kappa shape index (κ1) is 18.8. The van der Waals surface area contributed by atoms with Gasteiger partial charge in [-0.25, -0.2) is 4.79 Å². The lowest BCUT2D eigenvalue weighted by molar-refractivity contribution is -0.141. The molecule has 6 nitrogen and oxygen atoms in total. The predicted octanol–water partition coefficient (Wildman–Crippen LogP) is 3.42. The number of methoxy groups -OCH3 is 1. The number of nitriles is 1. The molecule has 0 aliphatic carbocycles. The van der Waals surface area contributed by atoms with E-state index in [2.05, 4.69) is 6.07 Å². The van der Waals surface area contributed by atoms with Gasteiger partial charge in [-0.05, 0) is 50.8 Å². The van der Waals surface area contributed by atoms with Gasteiger partial charge in [-0.3, -0.25) is 4.79 Å². The number of ether oxygens (including phenoxy) is 2. The fourth-order valence-electron chi connectivity index (χ4n) is 3.01. The van der Waals surface area contributed by atoms with E-state index in [0.29, 0.717) is 18.5 Å². The second-order valence-corrected chi connectivity index (χ2v) is 7.26. The Kier molecular flexibility index (Phi) is 5.68. The van der Waals surface area contributed by atoms with E-state index in [0.717, 1.165) is 5.56 Å². The summed E-state index contributed by atoms with van der Waals surface area (Å²) in [4.78, 5) is 25.9. The van der Waals surface area contributed by atoms with E-state index in [9.17, 15) is 9.59 Å². The van der Waals surface area contributed by atoms with Gasteiger partial charge in [0.1, 0.15) is 5.60 Å². The molecule has 0 aromatic heterocycles. The molecular weight excluding hydrogens is 320 g/mol. The summed E-state index contributed by atoms with van der Waals surface area (Å²) < 4.78 is 10.3. The highest BCUT2D eigenvalue weighted by molar-refractivity contribution is 5.71. The summed E-state index contributed by atoms with van der Waals surface area (Å²) in [6, 6.07) is 9.06. The number of nitrogens with zero attached hydrogens (tertiary/aromatic N) is 2. The Balaban J connectivity index is 2.23. The van der Waals surface area contributed by atoms with E-state index in [1.807, 2.05) is 32.9 Å². The molecule has 6 heteroatoms. The first-order chi connectivity index (χ1) is 11.7. The van der Waals surface area contributed by atoms with E-state index in [4.69, 9.17) is 14.7 Å². The Morgan fingerprint density at radius 3 is 2.44 bits per heavy atom. The van der Waals surface area contributed by atoms with Crippen LogP contribution >= 0.6 is 0 Å². The van der Waals surface area contributed by atoms with Gasteiger partial charge in [0.05, 0.1) is 31.2 Å². The standard InChI is InChI=1S/C19H24N2O4/c1-19(2,3)25-18(23)21-12-14(10-17(22)24-4)9-16(21)15-7-5-13(11-20)6-8-15/h5-8,14,16H,9-10,12H2,1-4H3. The van der Waals surface area contributed by atoms with Crippen molar-refractivity contribution in [2.24, 2.45) is 5.92 Å². The highest BCUT2D eigenvalue weighted by Gasteiger charge is 2.39. The number of amides is 1. The Morgan fingerprint density at radius 1 is 1.28 bits per heavy atom. The van der Waals surface area contributed by atoms with Crippen molar-refractivity contribution in [2.75, 3.05) is 13.7 Å². The fourth-order valence-corrected chi connectivity index (χ4v) is 3.01. The van der Waals surface area contributed by atoms with E-state index in [1.54, 1.807) is 17.0 Å². The van der Waals surface area contributed by atoms with Crippen LogP contribution in [0.5, 0.6) is 0 Å². The number of hydrogen-bond donors (Lipinski definition) is 0. The van der Waals surface area contributed by atoms with Gasteiger partial charge in [0, 0.05) is 6.54 Å². The average molecular weight is 344 g/mol. The summed E-state index contributed by atoms with van der Waals surface area (Å²) in [7, 11) is 1.36. The number of esters is 1. The third-order valence-electron chi connectivity index (χ3n) is 4.12. The van der Waals surface area contributed by atoms with Crippen molar-refractivity contribution in [3.63, 3.8) is 0 Å². The van der Waals surface area contributed by atoms with E-state index < -0.39 is 11.7 Å². The molecule has 0 spiro atoms. The van der Waals surface area contributed by atoms with Gasteiger partial charge < -0.3 is 14.4 Å². The molecule has 1 aliphatic rings. The summed E-state index contributed by atoms with van der Waals surface area (Å²) >= 11 is 0. The van der Waals surface area contributed by atoms with Crippen LogP contribution in [0.2, 0.25) is 0 Å². The summed E-state index contributed by atoms with van der Waals surface area (Å²) in [6.07, 6.45) is 0.525. The van der Waals surface area contributed by atoms with Crippen LogP contribution in [0, 0.1) is 17.2 Å². The first-order valence-electron chi connectivity index (χ1n) is 8.30. The normalized spacial score (nSPS) is 20.0. The zero-order valence-corrected chi connectivity index (χ0v) is 15.1. The molecule has 1 heterocycles. The molecule has 2 rings (SSSR count). The maximum atomic E-state index is 12.6. The van der Waals surface area contributed by atoms with Gasteiger partial charge in [0.25, 0.3) is 0 Å². The van der Waals surface area contributed by atoms with E-state index >= 15 is 0 Å². The number of hydrogen-bond acceptors (Lipinski definition) is 5. The van der Waals surface area contributed by atoms with Crippen molar-refractivity contribution in [3.05, 3.63) is 35.4 Å². The Morgan fingerprint density at radius 2 is 1.92 bits per heavy atom. The van der Waals surface area contributed by atoms with E-state index in [-0.39, 0.29) is 24.3 Å². The molecular formula is C19H24N2O4. The van der Waals surface area contributed by atoms with Gasteiger partial charge in [0.15, 0.2) is 0 Å². The number of benzene rings is 1. The maximum Gasteiger partial charge on any atom is 0.410 e. The molecule has 1 amide bonds. The van der Waals surface area contributed by atoms with Crippen LogP contribution in [0.3, 0.4) is 0 Å². The van der Waals surface area contributed by atoms with Crippen molar-refractivity contribution in [2.45, 2.75) is 45.3 Å². The van der Waals surface area contributed by atoms with Gasteiger partial charge in [-0.2, -0.15) is 5.26 Å². The zero-order valence-electron chi connectivity index (χ0n) is 15.1. The first-order valence-corrected chi connectivity index (χ1v) is 8.30. The lowest BCUT2D eigenvalue weighted by Crippen LogP contribution is -2.37. The van der Waals surface area contributed by atoms with Gasteiger partial charge in [0.2, 0.25) is 0 Å². The van der Waals surface area contributed by atoms with Crippen molar-refractivity contribution in [3.8, 4) is 6.07 Å². The van der Waals surface area contributed by atoms with Crippen LogP contribution in [0.4, 0.5) is 4.79 Å². The average Bonchev–Trinajstić information content (AvgIpc) is 2.97. The fraction of sp³-hybridized carbons (Fsp3) is 0.526. The highest BCUT2D eigenvalue weighted by atomic mass is 16.6. The van der Waals surface area contributed by atoms with Gasteiger partial charge in [-0.15, -0.1) is 0 Å². The summed E-state index contributed by atoms with van der Waals surface area (Å²) in [6.45, 7) is 5.91. The molecule has 1 aromatic carbocycles. The summed E-state index contributed by atoms with van der Waals surface area (Å²) in [5.41, 5.74) is 0.904. The Bertz CT molecular complexity index is 670. The van der Waals surface area contributed by atoms with Crippen LogP contribution in [0.25, 0.3) is 0 Å². The molecule has 2 unspecified atom stereocenters. The van der Waals surface area contributed by atoms with E-state index in [1.165, 1.54) is 7.11 Å². The molecule has 0 saturated carbocycles. The number of likely N-dealkylation sites (tertiary alicyclic amines) is 1. The summed E-state index contributed by atoms with van der Waals surface area (Å²) in [5, 5.41) is 8.94. The number of carbonyl (C=O) groups is 2. The minimum Gasteiger partial charge on any atom is -0.469 e. The summed E-state index contributed by atoms with van der Waals surface area (Å²) in [5.74, 6) is -0.268. The molecule has 0 N–H and O–H groups in total. The van der Waals surface area contributed by atoms with Crippen molar-refractivity contribution >= 4 is 12.1 Å². The monoisotopic (exact) mass is 344 g/mol. The van der Waals surface area contributed by atoms with Gasteiger partial charge in [-0.1, -0.05) is 12.1 Å². The zero-order chi connectivity index (χ0) is 18.6. The molecule has 1 saturated heterocycles. The van der Waals surface area contributed by atoms with Gasteiger partial charge >= 0.3 is 12.1 Å². The predicted molar refractivity (Wildman–Crippen MR) is 91.6 cm³/mol. The van der Waals surface area contributed by atoms with Crippen LogP contribution in [0.15, 0.2) is 24.3 Å². The van der Waals surface area contributed by atoms with Crippen molar-refractivity contribution < 1.29 is 19.1 Å². The second-order valence-electron chi connectivity index (χ2n) is 7.26.